The lowest BCUT2D eigenvalue weighted by molar-refractivity contribution is 0.136. The van der Waals surface area contributed by atoms with Crippen LogP contribution in [0, 0.1) is 0 Å². The normalized spacial score (nSPS) is 23.0. The van der Waals surface area contributed by atoms with Crippen LogP contribution in [0.25, 0.3) is 0 Å². The van der Waals surface area contributed by atoms with Gasteiger partial charge in [-0.1, -0.05) is 12.8 Å². The molecule has 2 aliphatic heterocycles. The van der Waals surface area contributed by atoms with Gasteiger partial charge in [-0.2, -0.15) is 0 Å². The van der Waals surface area contributed by atoms with E-state index in [-0.39, 0.29) is 17.5 Å². The predicted molar refractivity (Wildman–Crippen MR) is 98.0 cm³/mol. The van der Waals surface area contributed by atoms with Crippen LogP contribution in [0.1, 0.15) is 49.8 Å². The third-order valence-corrected chi connectivity index (χ3v) is 6.08. The smallest absolute Gasteiger partial charge is 0.318 e. The monoisotopic (exact) mass is 360 g/mol. The summed E-state index contributed by atoms with van der Waals surface area (Å²) in [7, 11) is 1.64. The van der Waals surface area contributed by atoms with Crippen molar-refractivity contribution < 1.29 is 19.0 Å². The van der Waals surface area contributed by atoms with E-state index < -0.39 is 0 Å². The Balaban J connectivity index is 1.69. The molecule has 2 heterocycles. The molecule has 2 amide bonds. The Labute approximate surface area is 154 Å². The van der Waals surface area contributed by atoms with E-state index in [0.29, 0.717) is 26.4 Å². The van der Waals surface area contributed by atoms with Gasteiger partial charge in [0.05, 0.1) is 12.6 Å². The number of nitrogens with zero attached hydrogens (tertiary/aromatic N) is 1. The van der Waals surface area contributed by atoms with Crippen LogP contribution in [-0.4, -0.2) is 51.0 Å². The van der Waals surface area contributed by atoms with Gasteiger partial charge >= 0.3 is 6.03 Å². The SMILES string of the molecule is COCCNC(=O)N1CC2(CCCC2)c2cc3c(cc2[C@H]1C)OCCO3. The predicted octanol–water partition coefficient (Wildman–Crippen LogP) is 3.00. The topological polar surface area (TPSA) is 60.0 Å². The Kier molecular flexibility index (Phi) is 4.69. The Hall–Kier alpha value is -1.95. The molecule has 6 nitrogen and oxygen atoms in total. The molecule has 142 valence electrons. The summed E-state index contributed by atoms with van der Waals surface area (Å²) in [4.78, 5) is 14.8. The van der Waals surface area contributed by atoms with Gasteiger partial charge in [0, 0.05) is 25.6 Å². The van der Waals surface area contributed by atoms with E-state index in [4.69, 9.17) is 14.2 Å². The minimum atomic E-state index is -0.0126. The van der Waals surface area contributed by atoms with E-state index in [1.807, 2.05) is 4.90 Å². The van der Waals surface area contributed by atoms with Crippen molar-refractivity contribution in [1.82, 2.24) is 10.2 Å². The number of carbonyl (C=O) groups excluding carboxylic acids is 1. The van der Waals surface area contributed by atoms with Crippen LogP contribution in [-0.2, 0) is 10.2 Å². The molecule has 3 aliphatic rings. The van der Waals surface area contributed by atoms with Gasteiger partial charge in [-0.3, -0.25) is 0 Å². The summed E-state index contributed by atoms with van der Waals surface area (Å²) in [6.45, 7) is 5.09. The molecule has 4 rings (SSSR count). The van der Waals surface area contributed by atoms with Crippen molar-refractivity contribution in [2.24, 2.45) is 0 Å². The molecule has 0 radical (unpaired) electrons. The first-order chi connectivity index (χ1) is 12.6. The van der Waals surface area contributed by atoms with Crippen LogP contribution in [0.15, 0.2) is 12.1 Å². The number of amides is 2. The van der Waals surface area contributed by atoms with Crippen molar-refractivity contribution in [2.75, 3.05) is 40.0 Å². The van der Waals surface area contributed by atoms with E-state index in [9.17, 15) is 4.79 Å². The minimum Gasteiger partial charge on any atom is -0.486 e. The van der Waals surface area contributed by atoms with Crippen LogP contribution in [0.4, 0.5) is 4.79 Å². The average molecular weight is 360 g/mol. The quantitative estimate of drug-likeness (QED) is 0.842. The van der Waals surface area contributed by atoms with E-state index in [1.54, 1.807) is 7.11 Å². The first-order valence-electron chi connectivity index (χ1n) is 9.62. The van der Waals surface area contributed by atoms with E-state index in [0.717, 1.165) is 30.9 Å². The number of nitrogens with one attached hydrogen (secondary N) is 1. The van der Waals surface area contributed by atoms with E-state index >= 15 is 0 Å². The van der Waals surface area contributed by atoms with Crippen LogP contribution in [0.2, 0.25) is 0 Å². The Bertz CT molecular complexity index is 685. The van der Waals surface area contributed by atoms with Crippen LogP contribution in [0.3, 0.4) is 0 Å². The summed E-state index contributed by atoms with van der Waals surface area (Å²) in [5.41, 5.74) is 2.59. The lowest BCUT2D eigenvalue weighted by Gasteiger charge is -2.46. The summed E-state index contributed by atoms with van der Waals surface area (Å²) in [5.74, 6) is 1.66. The molecule has 26 heavy (non-hydrogen) atoms. The molecular formula is C20H28N2O4. The lowest BCUT2D eigenvalue weighted by atomic mass is 9.71. The maximum Gasteiger partial charge on any atom is 0.318 e. The highest BCUT2D eigenvalue weighted by molar-refractivity contribution is 5.76. The molecule has 6 heteroatoms. The van der Waals surface area contributed by atoms with E-state index in [2.05, 4.69) is 24.4 Å². The van der Waals surface area contributed by atoms with Crippen molar-refractivity contribution >= 4 is 6.03 Å². The van der Waals surface area contributed by atoms with Gasteiger partial charge in [0.15, 0.2) is 11.5 Å². The number of hydrogen-bond acceptors (Lipinski definition) is 4. The molecule has 1 fully saturated rings. The molecule has 1 saturated carbocycles. The number of rotatable bonds is 3. The Morgan fingerprint density at radius 3 is 2.65 bits per heavy atom. The second-order valence-corrected chi connectivity index (χ2v) is 7.60. The van der Waals surface area contributed by atoms with Gasteiger partial charge in [-0.05, 0) is 43.0 Å². The first kappa shape index (κ1) is 17.5. The summed E-state index contributed by atoms with van der Waals surface area (Å²) < 4.78 is 16.7. The molecule has 1 aliphatic carbocycles. The molecule has 1 atom stereocenters. The Morgan fingerprint density at radius 1 is 1.27 bits per heavy atom. The zero-order chi connectivity index (χ0) is 18.1. The minimum absolute atomic E-state index is 0.00889. The average Bonchev–Trinajstić information content (AvgIpc) is 3.13. The van der Waals surface area contributed by atoms with Crippen molar-refractivity contribution in [1.29, 1.82) is 0 Å². The maximum atomic E-state index is 12.8. The molecular weight excluding hydrogens is 332 g/mol. The van der Waals surface area contributed by atoms with Crippen molar-refractivity contribution in [3.63, 3.8) is 0 Å². The lowest BCUT2D eigenvalue weighted by Crippen LogP contribution is -2.52. The molecule has 0 saturated heterocycles. The number of benzene rings is 1. The standard InChI is InChI=1S/C20H28N2O4/c1-14-15-11-17-18(26-10-9-25-17)12-16(15)20(5-3-4-6-20)13-22(14)19(23)21-7-8-24-2/h11-12,14H,3-10,13H2,1-2H3,(H,21,23)/t14-/m1/s1. The Morgan fingerprint density at radius 2 is 1.96 bits per heavy atom. The molecule has 1 N–H and O–H groups in total. The fraction of sp³-hybridized carbons (Fsp3) is 0.650. The van der Waals surface area contributed by atoms with Crippen LogP contribution in [0.5, 0.6) is 11.5 Å². The third kappa shape index (κ3) is 2.90. The van der Waals surface area contributed by atoms with Gasteiger partial charge in [-0.25, -0.2) is 4.79 Å². The largest absolute Gasteiger partial charge is 0.486 e. The van der Waals surface area contributed by atoms with Gasteiger partial charge < -0.3 is 24.4 Å². The number of fused-ring (bicyclic) bond motifs is 3. The number of urea groups is 1. The summed E-state index contributed by atoms with van der Waals surface area (Å²) >= 11 is 0. The van der Waals surface area contributed by atoms with Crippen LogP contribution < -0.4 is 14.8 Å². The van der Waals surface area contributed by atoms with Gasteiger partial charge in [-0.15, -0.1) is 0 Å². The number of methoxy groups -OCH3 is 1. The highest BCUT2D eigenvalue weighted by Gasteiger charge is 2.46. The number of carbonyl (C=O) groups is 1. The summed E-state index contributed by atoms with van der Waals surface area (Å²) in [6.07, 6.45) is 4.66. The highest BCUT2D eigenvalue weighted by atomic mass is 16.6. The molecule has 0 unspecified atom stereocenters. The zero-order valence-corrected chi connectivity index (χ0v) is 15.7. The number of ether oxygens (including phenoxy) is 3. The third-order valence-electron chi connectivity index (χ3n) is 6.08. The molecule has 1 spiro atoms. The molecule has 1 aromatic rings. The van der Waals surface area contributed by atoms with Crippen molar-refractivity contribution in [2.45, 2.75) is 44.1 Å². The highest BCUT2D eigenvalue weighted by Crippen LogP contribution is 2.51. The first-order valence-corrected chi connectivity index (χ1v) is 9.62. The summed E-state index contributed by atoms with van der Waals surface area (Å²) in [6, 6.07) is 4.28. The van der Waals surface area contributed by atoms with Gasteiger partial charge in [0.2, 0.25) is 0 Å². The zero-order valence-electron chi connectivity index (χ0n) is 15.7. The van der Waals surface area contributed by atoms with Gasteiger partial charge in [0.25, 0.3) is 0 Å². The van der Waals surface area contributed by atoms with Crippen molar-refractivity contribution in [3.05, 3.63) is 23.3 Å². The number of hydrogen-bond donors (Lipinski definition) is 1. The second-order valence-electron chi connectivity index (χ2n) is 7.60. The second kappa shape index (κ2) is 6.99. The maximum absolute atomic E-state index is 12.8. The summed E-state index contributed by atoms with van der Waals surface area (Å²) in [5, 5.41) is 2.99. The van der Waals surface area contributed by atoms with E-state index in [1.165, 1.54) is 24.0 Å². The van der Waals surface area contributed by atoms with Crippen molar-refractivity contribution in [3.8, 4) is 11.5 Å². The molecule has 1 aromatic carbocycles. The molecule has 0 bridgehead atoms. The fourth-order valence-corrected chi connectivity index (χ4v) is 4.71. The van der Waals surface area contributed by atoms with Gasteiger partial charge in [0.1, 0.15) is 13.2 Å². The van der Waals surface area contributed by atoms with Crippen LogP contribution >= 0.6 is 0 Å². The molecule has 0 aromatic heterocycles. The fourth-order valence-electron chi connectivity index (χ4n) is 4.71.